The Labute approximate surface area is 132 Å². The molecule has 0 saturated carbocycles. The molecule has 0 aromatic carbocycles. The normalized spacial score (nSPS) is 9.84. The molecule has 0 atom stereocenters. The highest BCUT2D eigenvalue weighted by molar-refractivity contribution is 14.1. The van der Waals surface area contributed by atoms with Gasteiger partial charge < -0.3 is 10.2 Å². The summed E-state index contributed by atoms with van der Waals surface area (Å²) < 4.78 is 0.192. The van der Waals surface area contributed by atoms with Crippen LogP contribution >= 0.6 is 22.6 Å². The van der Waals surface area contributed by atoms with Crippen molar-refractivity contribution >= 4 is 28.6 Å². The van der Waals surface area contributed by atoms with Gasteiger partial charge in [0.2, 0.25) is 0 Å². The summed E-state index contributed by atoms with van der Waals surface area (Å²) >= 11 is 1.78. The summed E-state index contributed by atoms with van der Waals surface area (Å²) in [6.45, 7) is 2.64. The molecule has 0 rings (SSSR count). The molecule has 0 saturated heterocycles. The lowest BCUT2D eigenvalue weighted by molar-refractivity contribution is -0.133. The van der Waals surface area contributed by atoms with Crippen LogP contribution in [-0.4, -0.2) is 27.2 Å². The monoisotopic (exact) mass is 386 g/mol. The molecule has 19 heavy (non-hydrogen) atoms. The molecule has 3 nitrogen and oxygen atoms in total. The maximum absolute atomic E-state index is 9.36. The van der Waals surface area contributed by atoms with Crippen molar-refractivity contribution in [2.45, 2.75) is 77.6 Å². The lowest BCUT2D eigenvalue weighted by Gasteiger charge is -2.01. The van der Waals surface area contributed by atoms with Crippen molar-refractivity contribution in [2.24, 2.45) is 0 Å². The third-order valence-corrected chi connectivity index (χ3v) is 3.53. The van der Waals surface area contributed by atoms with Crippen molar-refractivity contribution in [1.82, 2.24) is 0 Å². The highest BCUT2D eigenvalue weighted by atomic mass is 127. The van der Waals surface area contributed by atoms with Crippen molar-refractivity contribution in [3.05, 3.63) is 0 Å². The van der Waals surface area contributed by atoms with E-state index in [0.717, 1.165) is 6.42 Å². The zero-order valence-electron chi connectivity index (χ0n) is 12.4. The molecule has 0 aromatic heterocycles. The minimum atomic E-state index is -0.759. The highest BCUT2D eigenvalue weighted by Crippen LogP contribution is 2.10. The van der Waals surface area contributed by atoms with E-state index in [2.05, 4.69) is 6.92 Å². The van der Waals surface area contributed by atoms with Crippen molar-refractivity contribution in [2.75, 3.05) is 11.0 Å². The molecule has 0 amide bonds. The number of aliphatic hydroxyl groups excluding tert-OH is 1. The van der Waals surface area contributed by atoms with E-state index in [-0.39, 0.29) is 4.43 Å². The predicted octanol–water partition coefficient (Wildman–Crippen LogP) is 4.80. The molecule has 0 radical (unpaired) electrons. The van der Waals surface area contributed by atoms with Gasteiger partial charge >= 0.3 is 5.97 Å². The number of carboxylic acids is 1. The van der Waals surface area contributed by atoms with Crippen LogP contribution in [0.15, 0.2) is 0 Å². The molecule has 0 unspecified atom stereocenters. The molecule has 0 heterocycles. The summed E-state index contributed by atoms with van der Waals surface area (Å²) in [5.41, 5.74) is 0. The van der Waals surface area contributed by atoms with Crippen LogP contribution in [-0.2, 0) is 4.79 Å². The van der Waals surface area contributed by atoms with Crippen LogP contribution in [0.2, 0.25) is 0 Å². The first-order valence-corrected chi connectivity index (χ1v) is 9.10. The molecule has 0 aliphatic carbocycles. The van der Waals surface area contributed by atoms with Gasteiger partial charge in [0.25, 0.3) is 0 Å². The summed E-state index contributed by atoms with van der Waals surface area (Å²) in [7, 11) is 0. The zero-order chi connectivity index (χ0) is 14.8. The molecule has 0 spiro atoms. The predicted molar refractivity (Wildman–Crippen MR) is 90.1 cm³/mol. The van der Waals surface area contributed by atoms with E-state index in [4.69, 9.17) is 10.2 Å². The first-order valence-electron chi connectivity index (χ1n) is 7.57. The van der Waals surface area contributed by atoms with E-state index < -0.39 is 5.97 Å². The number of aliphatic carboxylic acids is 1. The zero-order valence-corrected chi connectivity index (χ0v) is 14.5. The standard InChI is InChI=1S/C13H28O.C2H3IO2/c1-2-3-4-5-6-7-8-9-10-11-12-13-14;3-1-2(4)5/h14H,2-13H2,1H3;1H2,(H,4,5). The van der Waals surface area contributed by atoms with Crippen molar-refractivity contribution in [1.29, 1.82) is 0 Å². The second-order valence-corrected chi connectivity index (χ2v) is 5.55. The van der Waals surface area contributed by atoms with Gasteiger partial charge in [-0.25, -0.2) is 0 Å². The highest BCUT2D eigenvalue weighted by Gasteiger charge is 1.91. The van der Waals surface area contributed by atoms with Gasteiger partial charge in [-0.15, -0.1) is 0 Å². The lowest BCUT2D eigenvalue weighted by atomic mass is 10.1. The number of hydrogen-bond donors (Lipinski definition) is 2. The Bertz CT molecular complexity index is 163. The Morgan fingerprint density at radius 1 is 0.842 bits per heavy atom. The quantitative estimate of drug-likeness (QED) is 0.288. The fraction of sp³-hybridized carbons (Fsp3) is 0.933. The molecule has 0 aliphatic rings. The van der Waals surface area contributed by atoms with E-state index in [1.165, 1.54) is 64.2 Å². The number of aliphatic hydroxyl groups is 1. The van der Waals surface area contributed by atoms with Gasteiger partial charge in [-0.3, -0.25) is 4.79 Å². The maximum Gasteiger partial charge on any atom is 0.313 e. The van der Waals surface area contributed by atoms with Crippen molar-refractivity contribution < 1.29 is 15.0 Å². The molecular formula is C15H31IO3. The Balaban J connectivity index is 0. The van der Waals surface area contributed by atoms with E-state index in [9.17, 15) is 4.79 Å². The molecule has 0 aromatic rings. The van der Waals surface area contributed by atoms with E-state index in [0.29, 0.717) is 6.61 Å². The third kappa shape index (κ3) is 27.4. The Hall–Kier alpha value is 0.160. The third-order valence-electron chi connectivity index (χ3n) is 2.88. The number of hydrogen-bond acceptors (Lipinski definition) is 2. The van der Waals surface area contributed by atoms with Gasteiger partial charge in [-0.1, -0.05) is 93.7 Å². The molecule has 2 N–H and O–H groups in total. The van der Waals surface area contributed by atoms with Gasteiger partial charge in [0.15, 0.2) is 0 Å². The van der Waals surface area contributed by atoms with Crippen molar-refractivity contribution in [3.63, 3.8) is 0 Å². The number of halogens is 1. The number of alkyl halides is 1. The van der Waals surface area contributed by atoms with Gasteiger partial charge in [0.1, 0.15) is 0 Å². The van der Waals surface area contributed by atoms with Crippen LogP contribution in [0.5, 0.6) is 0 Å². The van der Waals surface area contributed by atoms with E-state index in [1.807, 2.05) is 0 Å². The summed E-state index contributed by atoms with van der Waals surface area (Å²) in [4.78, 5) is 9.36. The Morgan fingerprint density at radius 3 is 1.42 bits per heavy atom. The molecule has 0 aliphatic heterocycles. The number of unbranched alkanes of at least 4 members (excludes halogenated alkanes) is 10. The minimum absolute atomic E-state index is 0.192. The van der Waals surface area contributed by atoms with Crippen LogP contribution in [0.3, 0.4) is 0 Å². The second kappa shape index (κ2) is 20.5. The molecule has 4 heteroatoms. The number of carboxylic acid groups (broad SMARTS) is 1. The van der Waals surface area contributed by atoms with Crippen LogP contribution in [0.1, 0.15) is 77.6 Å². The van der Waals surface area contributed by atoms with Gasteiger partial charge in [-0.2, -0.15) is 0 Å². The summed E-state index contributed by atoms with van der Waals surface area (Å²) in [6, 6.07) is 0. The summed E-state index contributed by atoms with van der Waals surface area (Å²) in [5, 5.41) is 16.3. The van der Waals surface area contributed by atoms with Crippen LogP contribution in [0, 0.1) is 0 Å². The average molecular weight is 386 g/mol. The molecule has 0 bridgehead atoms. The second-order valence-electron chi connectivity index (χ2n) is 4.79. The Morgan fingerprint density at radius 2 is 1.16 bits per heavy atom. The largest absolute Gasteiger partial charge is 0.481 e. The first kappa shape index (κ1) is 21.5. The minimum Gasteiger partial charge on any atom is -0.481 e. The van der Waals surface area contributed by atoms with Gasteiger partial charge in [0.05, 0.1) is 4.43 Å². The fourth-order valence-corrected chi connectivity index (χ4v) is 1.78. The lowest BCUT2D eigenvalue weighted by Crippen LogP contribution is -1.91. The fourth-order valence-electron chi connectivity index (χ4n) is 1.78. The smallest absolute Gasteiger partial charge is 0.313 e. The van der Waals surface area contributed by atoms with E-state index in [1.54, 1.807) is 22.6 Å². The average Bonchev–Trinajstić information content (AvgIpc) is 2.41. The van der Waals surface area contributed by atoms with E-state index >= 15 is 0 Å². The molecule has 0 fully saturated rings. The first-order chi connectivity index (χ1) is 9.18. The van der Waals surface area contributed by atoms with Gasteiger partial charge in [-0.05, 0) is 6.42 Å². The SMILES string of the molecule is CCCCCCCCCCCCCO.O=C(O)CI. The maximum atomic E-state index is 9.36. The number of rotatable bonds is 12. The van der Waals surface area contributed by atoms with Crippen LogP contribution < -0.4 is 0 Å². The summed E-state index contributed by atoms with van der Waals surface area (Å²) in [6.07, 6.45) is 14.8. The van der Waals surface area contributed by atoms with Crippen molar-refractivity contribution in [3.8, 4) is 0 Å². The molecule has 116 valence electrons. The number of carbonyl (C=O) groups is 1. The molecular weight excluding hydrogens is 355 g/mol. The Kier molecular flexibility index (Phi) is 23.1. The summed E-state index contributed by atoms with van der Waals surface area (Å²) in [5.74, 6) is -0.759. The van der Waals surface area contributed by atoms with Crippen LogP contribution in [0.4, 0.5) is 0 Å². The van der Waals surface area contributed by atoms with Gasteiger partial charge in [0, 0.05) is 6.61 Å². The van der Waals surface area contributed by atoms with Crippen LogP contribution in [0.25, 0.3) is 0 Å². The topological polar surface area (TPSA) is 57.5 Å².